The van der Waals surface area contributed by atoms with E-state index in [4.69, 9.17) is 12.2 Å². The van der Waals surface area contributed by atoms with Crippen LogP contribution in [-0.2, 0) is 0 Å². The van der Waals surface area contributed by atoms with Crippen molar-refractivity contribution in [2.45, 2.75) is 27.2 Å². The minimum atomic E-state index is 0.669. The van der Waals surface area contributed by atoms with Crippen molar-refractivity contribution in [1.29, 1.82) is 0 Å². The van der Waals surface area contributed by atoms with E-state index < -0.39 is 0 Å². The fourth-order valence-corrected chi connectivity index (χ4v) is 1.81. The normalized spacial score (nSPS) is 11.8. The first-order valence-corrected chi connectivity index (χ1v) is 6.58. The van der Waals surface area contributed by atoms with E-state index in [-0.39, 0.29) is 0 Å². The van der Waals surface area contributed by atoms with Gasteiger partial charge in [-0.1, -0.05) is 49.2 Å². The van der Waals surface area contributed by atoms with Gasteiger partial charge in [0.2, 0.25) is 0 Å². The van der Waals surface area contributed by atoms with Crippen LogP contribution in [0.5, 0.6) is 0 Å². The van der Waals surface area contributed by atoms with E-state index in [1.807, 2.05) is 32.9 Å². The van der Waals surface area contributed by atoms with E-state index in [0.717, 1.165) is 28.8 Å². The van der Waals surface area contributed by atoms with Crippen LogP contribution in [0.15, 0.2) is 48.6 Å². The number of rotatable bonds is 5. The molecule has 100 valence electrons. The lowest BCUT2D eigenvalue weighted by Crippen LogP contribution is -1.95. The van der Waals surface area contributed by atoms with Crippen LogP contribution >= 0.6 is 12.2 Å². The molecule has 3 heteroatoms. The summed E-state index contributed by atoms with van der Waals surface area (Å²) in [6.45, 7) is 14.0. The highest BCUT2D eigenvalue weighted by Gasteiger charge is 2.04. The number of aromatic nitrogens is 2. The van der Waals surface area contributed by atoms with Gasteiger partial charge in [-0.15, -0.1) is 0 Å². The minimum Gasteiger partial charge on any atom is -0.267 e. The molecule has 0 aliphatic rings. The van der Waals surface area contributed by atoms with Crippen molar-refractivity contribution >= 4 is 17.8 Å². The first kappa shape index (κ1) is 15.3. The average Bonchev–Trinajstić information content (AvgIpc) is 2.32. The number of nitrogens with zero attached hydrogens (tertiary/aromatic N) is 1. The summed E-state index contributed by atoms with van der Waals surface area (Å²) in [5, 5.41) is 7.07. The smallest absolute Gasteiger partial charge is 0.122 e. The van der Waals surface area contributed by atoms with Gasteiger partial charge in [-0.2, -0.15) is 5.10 Å². The number of hydrogen-bond acceptors (Lipinski definition) is 2. The Hall–Kier alpha value is -1.74. The molecule has 0 amide bonds. The third kappa shape index (κ3) is 4.79. The summed E-state index contributed by atoms with van der Waals surface area (Å²) >= 11 is 5.10. The maximum atomic E-state index is 5.10. The zero-order valence-electron chi connectivity index (χ0n) is 11.8. The Morgan fingerprint density at radius 2 is 2.16 bits per heavy atom. The van der Waals surface area contributed by atoms with Crippen LogP contribution < -0.4 is 0 Å². The lowest BCUT2D eigenvalue weighted by atomic mass is 10.0. The first-order valence-electron chi connectivity index (χ1n) is 6.17. The largest absolute Gasteiger partial charge is 0.267 e. The molecule has 0 saturated carbocycles. The van der Waals surface area contributed by atoms with Gasteiger partial charge < -0.3 is 0 Å². The van der Waals surface area contributed by atoms with E-state index in [9.17, 15) is 0 Å². The Balaban J connectivity index is 2.97. The van der Waals surface area contributed by atoms with Crippen LogP contribution in [0.2, 0.25) is 0 Å². The highest BCUT2D eigenvalue weighted by Crippen LogP contribution is 2.21. The SMILES string of the molecule is C=C(C)/C=C(\C=C/C)CC(=C)c1cc(C)c(=S)[nH]n1. The molecule has 1 aromatic rings. The predicted octanol–water partition coefficient (Wildman–Crippen LogP) is 4.93. The molecule has 1 rings (SSSR count). The van der Waals surface area contributed by atoms with Gasteiger partial charge in [-0.25, -0.2) is 0 Å². The van der Waals surface area contributed by atoms with Crippen LogP contribution in [0, 0.1) is 11.6 Å². The molecule has 0 bridgehead atoms. The average molecular weight is 272 g/mol. The van der Waals surface area contributed by atoms with Gasteiger partial charge in [0.15, 0.2) is 0 Å². The van der Waals surface area contributed by atoms with E-state index in [0.29, 0.717) is 4.64 Å². The number of H-pyrrole nitrogens is 1. The molecular formula is C16H20N2S. The van der Waals surface area contributed by atoms with E-state index in [2.05, 4.69) is 35.5 Å². The molecule has 0 fully saturated rings. The summed E-state index contributed by atoms with van der Waals surface area (Å²) in [7, 11) is 0. The van der Waals surface area contributed by atoms with Crippen molar-refractivity contribution in [3.05, 3.63) is 64.5 Å². The van der Waals surface area contributed by atoms with E-state index in [1.54, 1.807) is 0 Å². The summed E-state index contributed by atoms with van der Waals surface area (Å²) in [6.07, 6.45) is 6.88. The molecule has 0 aliphatic carbocycles. The molecule has 1 N–H and O–H groups in total. The molecule has 1 heterocycles. The standard InChI is InChI=1S/C16H20N2S/c1-6-7-14(8-11(2)3)9-12(4)15-10-13(5)16(19)18-17-15/h6-8,10H,2,4,9H2,1,3,5H3,(H,18,19)/b7-6-,14-8+. The molecule has 19 heavy (non-hydrogen) atoms. The van der Waals surface area contributed by atoms with Gasteiger partial charge >= 0.3 is 0 Å². The Kier molecular flexibility index (Phi) is 5.64. The fraction of sp³-hybridized carbons (Fsp3) is 0.250. The van der Waals surface area contributed by atoms with Crippen LogP contribution in [-0.4, -0.2) is 10.2 Å². The highest BCUT2D eigenvalue weighted by atomic mass is 32.1. The maximum absolute atomic E-state index is 5.10. The topological polar surface area (TPSA) is 28.7 Å². The second-order valence-corrected chi connectivity index (χ2v) is 5.02. The zero-order chi connectivity index (χ0) is 14.4. The van der Waals surface area contributed by atoms with Crippen molar-refractivity contribution in [2.24, 2.45) is 0 Å². The first-order chi connectivity index (χ1) is 8.93. The quantitative estimate of drug-likeness (QED) is 0.608. The maximum Gasteiger partial charge on any atom is 0.122 e. The Bertz CT molecular complexity index is 603. The molecule has 2 nitrogen and oxygen atoms in total. The molecule has 1 aromatic heterocycles. The number of aryl methyl sites for hydroxylation is 1. The van der Waals surface area contributed by atoms with Gasteiger partial charge in [0, 0.05) is 0 Å². The second kappa shape index (κ2) is 7.00. The van der Waals surface area contributed by atoms with Crippen LogP contribution in [0.3, 0.4) is 0 Å². The molecule has 0 aliphatic heterocycles. The van der Waals surface area contributed by atoms with E-state index >= 15 is 0 Å². The van der Waals surface area contributed by atoms with Crippen molar-refractivity contribution in [2.75, 3.05) is 0 Å². The fourth-order valence-electron chi connectivity index (χ4n) is 1.71. The van der Waals surface area contributed by atoms with Gasteiger partial charge in [0.05, 0.1) is 5.69 Å². The number of hydrogen-bond donors (Lipinski definition) is 1. The minimum absolute atomic E-state index is 0.669. The second-order valence-electron chi connectivity index (χ2n) is 4.61. The highest BCUT2D eigenvalue weighted by molar-refractivity contribution is 7.71. The van der Waals surface area contributed by atoms with Crippen molar-refractivity contribution < 1.29 is 0 Å². The summed E-state index contributed by atoms with van der Waals surface area (Å²) in [4.78, 5) is 0. The van der Waals surface area contributed by atoms with Crippen molar-refractivity contribution in [3.63, 3.8) is 0 Å². The Morgan fingerprint density at radius 3 is 2.68 bits per heavy atom. The molecule has 0 spiro atoms. The lowest BCUT2D eigenvalue weighted by molar-refractivity contribution is 0.973. The van der Waals surface area contributed by atoms with Crippen LogP contribution in [0.4, 0.5) is 0 Å². The molecule has 0 atom stereocenters. The van der Waals surface area contributed by atoms with Gasteiger partial charge in [-0.3, -0.25) is 5.10 Å². The third-order valence-electron chi connectivity index (χ3n) is 2.58. The van der Waals surface area contributed by atoms with E-state index in [1.165, 1.54) is 5.57 Å². The monoisotopic (exact) mass is 272 g/mol. The predicted molar refractivity (Wildman–Crippen MR) is 85.5 cm³/mol. The Labute approximate surface area is 120 Å². The van der Waals surface area contributed by atoms with Crippen LogP contribution in [0.1, 0.15) is 31.5 Å². The van der Waals surface area contributed by atoms with Crippen molar-refractivity contribution in [3.8, 4) is 0 Å². The van der Waals surface area contributed by atoms with Gasteiger partial charge in [-0.05, 0) is 50.0 Å². The lowest BCUT2D eigenvalue weighted by Gasteiger charge is -2.07. The molecular weight excluding hydrogens is 252 g/mol. The number of aromatic amines is 1. The van der Waals surface area contributed by atoms with Gasteiger partial charge in [0.1, 0.15) is 4.64 Å². The number of allylic oxidation sites excluding steroid dienone is 6. The zero-order valence-corrected chi connectivity index (χ0v) is 12.6. The van der Waals surface area contributed by atoms with Crippen molar-refractivity contribution in [1.82, 2.24) is 10.2 Å². The summed E-state index contributed by atoms with van der Waals surface area (Å²) in [5.41, 5.74) is 5.01. The van der Waals surface area contributed by atoms with Crippen LogP contribution in [0.25, 0.3) is 5.57 Å². The summed E-state index contributed by atoms with van der Waals surface area (Å²) in [5.74, 6) is 0. The molecule has 0 aromatic carbocycles. The summed E-state index contributed by atoms with van der Waals surface area (Å²) in [6, 6.07) is 1.97. The Morgan fingerprint density at radius 1 is 1.47 bits per heavy atom. The van der Waals surface area contributed by atoms with Gasteiger partial charge in [0.25, 0.3) is 0 Å². The molecule has 0 unspecified atom stereocenters. The third-order valence-corrected chi connectivity index (χ3v) is 2.99. The molecule has 0 saturated heterocycles. The summed E-state index contributed by atoms with van der Waals surface area (Å²) < 4.78 is 0.669. The number of nitrogens with one attached hydrogen (secondary N) is 1. The molecule has 0 radical (unpaired) electrons.